The molecule has 8 nitrogen and oxygen atoms in total. The SMILES string of the molecule is CCCCn1c(N)c(N(Cc2ccccc2)C(=O)CN2CCCC2c2ccsc2)c(=O)[nH]c1=O. The summed E-state index contributed by atoms with van der Waals surface area (Å²) in [5.74, 6) is -0.189. The van der Waals surface area contributed by atoms with Crippen molar-refractivity contribution in [1.82, 2.24) is 14.5 Å². The van der Waals surface area contributed by atoms with Crippen LogP contribution in [0, 0.1) is 0 Å². The maximum absolute atomic E-state index is 13.7. The number of nitrogen functional groups attached to an aromatic ring is 1. The van der Waals surface area contributed by atoms with E-state index < -0.39 is 11.2 Å². The van der Waals surface area contributed by atoms with Gasteiger partial charge in [-0.05, 0) is 53.8 Å². The summed E-state index contributed by atoms with van der Waals surface area (Å²) in [7, 11) is 0. The number of nitrogens with two attached hydrogens (primary N) is 1. The first-order valence-corrected chi connectivity index (χ1v) is 12.7. The third-order valence-electron chi connectivity index (χ3n) is 6.33. The lowest BCUT2D eigenvalue weighted by atomic mass is 10.1. The van der Waals surface area contributed by atoms with Crippen molar-refractivity contribution in [3.8, 4) is 0 Å². The smallest absolute Gasteiger partial charge is 0.330 e. The van der Waals surface area contributed by atoms with Crippen LogP contribution in [0.4, 0.5) is 11.5 Å². The number of aromatic amines is 1. The Balaban J connectivity index is 1.69. The number of carbonyl (C=O) groups is 1. The number of likely N-dealkylation sites (tertiary alicyclic amines) is 1. The van der Waals surface area contributed by atoms with E-state index in [9.17, 15) is 14.4 Å². The van der Waals surface area contributed by atoms with Gasteiger partial charge in [0.05, 0.1) is 13.1 Å². The van der Waals surface area contributed by atoms with Crippen LogP contribution in [0.3, 0.4) is 0 Å². The summed E-state index contributed by atoms with van der Waals surface area (Å²) in [6, 6.07) is 11.8. The van der Waals surface area contributed by atoms with Gasteiger partial charge in [0.2, 0.25) is 5.91 Å². The fourth-order valence-corrected chi connectivity index (χ4v) is 5.26. The molecule has 1 unspecified atom stereocenters. The van der Waals surface area contributed by atoms with Crippen LogP contribution >= 0.6 is 11.3 Å². The first-order chi connectivity index (χ1) is 16.5. The second kappa shape index (κ2) is 10.8. The minimum Gasteiger partial charge on any atom is -0.383 e. The van der Waals surface area contributed by atoms with Gasteiger partial charge in [-0.25, -0.2) is 4.79 Å². The predicted molar refractivity (Wildman–Crippen MR) is 136 cm³/mol. The summed E-state index contributed by atoms with van der Waals surface area (Å²) in [5.41, 5.74) is 7.30. The molecule has 34 heavy (non-hydrogen) atoms. The van der Waals surface area contributed by atoms with Gasteiger partial charge in [0.15, 0.2) is 5.69 Å². The number of rotatable bonds is 9. The third kappa shape index (κ3) is 5.15. The minimum absolute atomic E-state index is 0.0299. The van der Waals surface area contributed by atoms with E-state index in [-0.39, 0.29) is 36.5 Å². The summed E-state index contributed by atoms with van der Waals surface area (Å²) in [5, 5.41) is 4.18. The quantitative estimate of drug-likeness (QED) is 0.488. The first kappa shape index (κ1) is 24.0. The first-order valence-electron chi connectivity index (χ1n) is 11.7. The molecule has 0 aliphatic carbocycles. The van der Waals surface area contributed by atoms with Crippen molar-refractivity contribution in [1.29, 1.82) is 0 Å². The lowest BCUT2D eigenvalue weighted by Crippen LogP contribution is -2.44. The molecule has 1 saturated heterocycles. The minimum atomic E-state index is -0.643. The van der Waals surface area contributed by atoms with E-state index >= 15 is 0 Å². The molecule has 0 bridgehead atoms. The number of thiophene rings is 1. The second-order valence-corrected chi connectivity index (χ2v) is 9.43. The Bertz CT molecular complexity index is 1220. The normalized spacial score (nSPS) is 16.1. The highest BCUT2D eigenvalue weighted by Gasteiger charge is 2.31. The molecule has 9 heteroatoms. The van der Waals surface area contributed by atoms with Crippen LogP contribution in [0.1, 0.15) is 49.8 Å². The second-order valence-electron chi connectivity index (χ2n) is 8.65. The highest BCUT2D eigenvalue weighted by Crippen LogP contribution is 2.33. The Hall–Kier alpha value is -3.17. The zero-order chi connectivity index (χ0) is 24.1. The number of H-pyrrole nitrogens is 1. The van der Waals surface area contributed by atoms with Crippen molar-refractivity contribution in [2.45, 2.75) is 51.7 Å². The molecule has 2 aromatic heterocycles. The van der Waals surface area contributed by atoms with E-state index in [4.69, 9.17) is 5.73 Å². The van der Waals surface area contributed by atoms with Gasteiger partial charge in [0.25, 0.3) is 5.56 Å². The Morgan fingerprint density at radius 3 is 2.74 bits per heavy atom. The highest BCUT2D eigenvalue weighted by atomic mass is 32.1. The van der Waals surface area contributed by atoms with Gasteiger partial charge < -0.3 is 5.73 Å². The van der Waals surface area contributed by atoms with E-state index in [1.54, 1.807) is 11.3 Å². The predicted octanol–water partition coefficient (Wildman–Crippen LogP) is 3.35. The number of aromatic nitrogens is 2. The van der Waals surface area contributed by atoms with Crippen molar-refractivity contribution in [3.63, 3.8) is 0 Å². The van der Waals surface area contributed by atoms with Gasteiger partial charge in [-0.1, -0.05) is 43.7 Å². The average molecular weight is 482 g/mol. The summed E-state index contributed by atoms with van der Waals surface area (Å²) < 4.78 is 1.36. The molecule has 1 fully saturated rings. The number of nitrogens with one attached hydrogen (secondary N) is 1. The molecular weight excluding hydrogens is 450 g/mol. The molecule has 3 aromatic rings. The Kier molecular flexibility index (Phi) is 7.64. The highest BCUT2D eigenvalue weighted by molar-refractivity contribution is 7.08. The molecule has 1 aliphatic rings. The lowest BCUT2D eigenvalue weighted by Gasteiger charge is -2.29. The van der Waals surface area contributed by atoms with Crippen molar-refractivity contribution in [2.75, 3.05) is 23.7 Å². The van der Waals surface area contributed by atoms with Gasteiger partial charge in [-0.3, -0.25) is 28.9 Å². The number of amides is 1. The number of unbranched alkanes of at least 4 members (excludes halogenated alkanes) is 1. The Morgan fingerprint density at radius 1 is 1.24 bits per heavy atom. The number of carbonyl (C=O) groups excluding carboxylic acids is 1. The van der Waals surface area contributed by atoms with Crippen molar-refractivity contribution < 1.29 is 4.79 Å². The van der Waals surface area contributed by atoms with E-state index in [2.05, 4.69) is 26.7 Å². The molecular formula is C25H31N5O3S. The molecule has 1 aromatic carbocycles. The Morgan fingerprint density at radius 2 is 2.03 bits per heavy atom. The molecule has 3 heterocycles. The van der Waals surface area contributed by atoms with Gasteiger partial charge in [-0.2, -0.15) is 11.3 Å². The molecule has 0 spiro atoms. The summed E-state index contributed by atoms with van der Waals surface area (Å²) in [6.45, 7) is 3.56. The van der Waals surface area contributed by atoms with E-state index in [0.717, 1.165) is 37.8 Å². The zero-order valence-electron chi connectivity index (χ0n) is 19.4. The molecule has 1 amide bonds. The van der Waals surface area contributed by atoms with Crippen molar-refractivity contribution >= 4 is 28.7 Å². The van der Waals surface area contributed by atoms with Crippen LogP contribution < -0.4 is 21.9 Å². The van der Waals surface area contributed by atoms with Gasteiger partial charge in [0.1, 0.15) is 5.82 Å². The van der Waals surface area contributed by atoms with Crippen LogP contribution in [-0.4, -0.2) is 33.4 Å². The van der Waals surface area contributed by atoms with Gasteiger partial charge in [-0.15, -0.1) is 0 Å². The van der Waals surface area contributed by atoms with Crippen LogP contribution in [0.15, 0.2) is 56.7 Å². The number of hydrogen-bond donors (Lipinski definition) is 2. The number of benzene rings is 1. The summed E-state index contributed by atoms with van der Waals surface area (Å²) >= 11 is 1.65. The van der Waals surface area contributed by atoms with Crippen LogP contribution in [0.2, 0.25) is 0 Å². The zero-order valence-corrected chi connectivity index (χ0v) is 20.2. The fraction of sp³-hybridized carbons (Fsp3) is 0.400. The summed E-state index contributed by atoms with van der Waals surface area (Å²) in [6.07, 6.45) is 3.61. The maximum atomic E-state index is 13.7. The number of hydrogen-bond acceptors (Lipinski definition) is 6. The van der Waals surface area contributed by atoms with Gasteiger partial charge in [0, 0.05) is 12.6 Å². The molecule has 4 rings (SSSR count). The summed E-state index contributed by atoms with van der Waals surface area (Å²) in [4.78, 5) is 45.1. The van der Waals surface area contributed by atoms with Crippen LogP contribution in [-0.2, 0) is 17.9 Å². The van der Waals surface area contributed by atoms with Crippen LogP contribution in [0.25, 0.3) is 0 Å². The standard InChI is InChI=1S/C25H31N5O3S/c1-2-3-13-29-23(26)22(24(32)27-25(29)33)30(15-18-8-5-4-6-9-18)21(31)16-28-12-7-10-20(28)19-11-14-34-17-19/h4-6,8-9,11,14,17,20H,2-3,7,10,12-13,15-16,26H2,1H3,(H,27,32,33). The lowest BCUT2D eigenvalue weighted by molar-refractivity contribution is -0.120. The van der Waals surface area contributed by atoms with Crippen LogP contribution in [0.5, 0.6) is 0 Å². The topological polar surface area (TPSA) is 104 Å². The number of anilines is 2. The fourth-order valence-electron chi connectivity index (χ4n) is 4.55. The van der Waals surface area contributed by atoms with Crippen molar-refractivity contribution in [2.24, 2.45) is 0 Å². The third-order valence-corrected chi connectivity index (χ3v) is 7.04. The Labute approximate surface area is 202 Å². The average Bonchev–Trinajstić information content (AvgIpc) is 3.50. The van der Waals surface area contributed by atoms with E-state index in [0.29, 0.717) is 6.54 Å². The van der Waals surface area contributed by atoms with E-state index in [1.165, 1.54) is 15.0 Å². The van der Waals surface area contributed by atoms with Crippen molar-refractivity contribution in [3.05, 3.63) is 79.1 Å². The molecule has 1 atom stereocenters. The van der Waals surface area contributed by atoms with Gasteiger partial charge >= 0.3 is 5.69 Å². The molecule has 3 N–H and O–H groups in total. The number of nitrogens with zero attached hydrogens (tertiary/aromatic N) is 3. The van der Waals surface area contributed by atoms with E-state index in [1.807, 2.05) is 37.3 Å². The maximum Gasteiger partial charge on any atom is 0.330 e. The molecule has 0 radical (unpaired) electrons. The molecule has 1 aliphatic heterocycles. The monoisotopic (exact) mass is 481 g/mol. The largest absolute Gasteiger partial charge is 0.383 e. The molecule has 0 saturated carbocycles. The molecule has 180 valence electrons.